The van der Waals surface area contributed by atoms with E-state index in [1.54, 1.807) is 41.1 Å². The van der Waals surface area contributed by atoms with Gasteiger partial charge in [-0.25, -0.2) is 9.48 Å². The van der Waals surface area contributed by atoms with E-state index in [2.05, 4.69) is 25.0 Å². The van der Waals surface area contributed by atoms with Crippen molar-refractivity contribution in [1.82, 2.24) is 19.6 Å². The van der Waals surface area contributed by atoms with Crippen LogP contribution in [0.15, 0.2) is 48.7 Å². The fourth-order valence-electron chi connectivity index (χ4n) is 4.87. The molecule has 3 aromatic rings. The van der Waals surface area contributed by atoms with Gasteiger partial charge in [0, 0.05) is 26.2 Å². The summed E-state index contributed by atoms with van der Waals surface area (Å²) >= 11 is 6.56. The normalized spacial score (nSPS) is 12.7. The Morgan fingerprint density at radius 2 is 1.70 bits per heavy atom. The second kappa shape index (κ2) is 13.6. The first-order valence-electron chi connectivity index (χ1n) is 14.1. The number of carbonyl (C=O) groups is 3. The minimum absolute atomic E-state index is 0.147. The third-order valence-electron chi connectivity index (χ3n) is 7.13. The van der Waals surface area contributed by atoms with E-state index in [4.69, 9.17) is 16.3 Å². The Kier molecular flexibility index (Phi) is 9.98. The van der Waals surface area contributed by atoms with E-state index in [1.807, 2.05) is 18.2 Å². The molecule has 40 heavy (non-hydrogen) atoms. The molecule has 2 amide bonds. The number of esters is 1. The van der Waals surface area contributed by atoms with Crippen LogP contribution in [0, 0.1) is 0 Å². The van der Waals surface area contributed by atoms with Gasteiger partial charge >= 0.3 is 5.97 Å². The van der Waals surface area contributed by atoms with Crippen LogP contribution in [-0.4, -0.2) is 63.6 Å². The lowest BCUT2D eigenvalue weighted by Crippen LogP contribution is -2.36. The minimum atomic E-state index is -0.510. The van der Waals surface area contributed by atoms with Crippen molar-refractivity contribution in [2.24, 2.45) is 0 Å². The molecule has 2 aromatic carbocycles. The number of benzene rings is 2. The van der Waals surface area contributed by atoms with E-state index in [0.29, 0.717) is 31.9 Å². The maximum Gasteiger partial charge on any atom is 0.338 e. The van der Waals surface area contributed by atoms with E-state index in [1.165, 1.54) is 10.2 Å². The van der Waals surface area contributed by atoms with Crippen molar-refractivity contribution in [3.05, 3.63) is 81.6 Å². The summed E-state index contributed by atoms with van der Waals surface area (Å²) in [6.07, 6.45) is 6.01. The Balaban J connectivity index is 1.71. The van der Waals surface area contributed by atoms with Gasteiger partial charge in [0.25, 0.3) is 11.8 Å². The van der Waals surface area contributed by atoms with Crippen LogP contribution in [0.2, 0.25) is 5.02 Å². The number of carbonyl (C=O) groups excluding carboxylic acids is 3. The molecule has 1 aliphatic heterocycles. The van der Waals surface area contributed by atoms with Gasteiger partial charge in [-0.05, 0) is 55.5 Å². The first-order valence-corrected chi connectivity index (χ1v) is 14.5. The van der Waals surface area contributed by atoms with Gasteiger partial charge in [0.05, 0.1) is 34.6 Å². The van der Waals surface area contributed by atoms with Crippen LogP contribution in [0.5, 0.6) is 0 Å². The summed E-state index contributed by atoms with van der Waals surface area (Å²) in [6.45, 7) is 8.41. The molecular weight excluding hydrogens is 528 g/mol. The van der Waals surface area contributed by atoms with Crippen LogP contribution in [-0.2, 0) is 17.7 Å². The molecule has 212 valence electrons. The molecule has 0 radical (unpaired) electrons. The molecule has 0 fully saturated rings. The smallest absolute Gasteiger partial charge is 0.338 e. The number of amides is 2. The monoisotopic (exact) mass is 564 g/mol. The summed E-state index contributed by atoms with van der Waals surface area (Å²) in [5.41, 5.74) is 3.47. The standard InChI is InChI=1S/C31H37ClN4O4/c1-4-7-16-34(17-8-5-2)30(38)28-26(32)21-36(33-28)27-14-13-23(31(39)40-6-3)19-25(27)29(37)35-18-15-22-11-9-10-12-24(22)20-35/h9-14,19,21H,4-8,15-18,20H2,1-3H3. The minimum Gasteiger partial charge on any atom is -0.462 e. The Morgan fingerprint density at radius 3 is 2.38 bits per heavy atom. The van der Waals surface area contributed by atoms with Crippen molar-refractivity contribution in [1.29, 1.82) is 0 Å². The third-order valence-corrected chi connectivity index (χ3v) is 7.40. The second-order valence-corrected chi connectivity index (χ2v) is 10.4. The first-order chi connectivity index (χ1) is 19.4. The zero-order valence-electron chi connectivity index (χ0n) is 23.5. The number of fused-ring (bicyclic) bond motifs is 1. The molecule has 0 saturated carbocycles. The summed E-state index contributed by atoms with van der Waals surface area (Å²) in [5, 5.41) is 4.77. The van der Waals surface area contributed by atoms with Crippen LogP contribution in [0.25, 0.3) is 5.69 Å². The highest BCUT2D eigenvalue weighted by molar-refractivity contribution is 6.33. The highest BCUT2D eigenvalue weighted by Gasteiger charge is 2.27. The number of nitrogens with zero attached hydrogens (tertiary/aromatic N) is 4. The fourth-order valence-corrected chi connectivity index (χ4v) is 5.08. The summed E-state index contributed by atoms with van der Waals surface area (Å²) in [4.78, 5) is 43.5. The molecule has 2 heterocycles. The van der Waals surface area contributed by atoms with Gasteiger partial charge in [0.15, 0.2) is 5.69 Å². The zero-order valence-corrected chi connectivity index (χ0v) is 24.2. The average molecular weight is 565 g/mol. The zero-order chi connectivity index (χ0) is 28.6. The topological polar surface area (TPSA) is 84.7 Å². The molecule has 8 nitrogen and oxygen atoms in total. The van der Waals surface area contributed by atoms with Gasteiger partial charge in [-0.2, -0.15) is 5.10 Å². The largest absolute Gasteiger partial charge is 0.462 e. The summed E-state index contributed by atoms with van der Waals surface area (Å²) < 4.78 is 6.65. The van der Waals surface area contributed by atoms with Crippen molar-refractivity contribution in [2.45, 2.75) is 59.4 Å². The molecule has 1 aliphatic rings. The number of ether oxygens (including phenoxy) is 1. The highest BCUT2D eigenvalue weighted by atomic mass is 35.5. The molecule has 0 aliphatic carbocycles. The maximum atomic E-state index is 13.9. The highest BCUT2D eigenvalue weighted by Crippen LogP contribution is 2.26. The Morgan fingerprint density at radius 1 is 1.00 bits per heavy atom. The lowest BCUT2D eigenvalue weighted by Gasteiger charge is -2.29. The van der Waals surface area contributed by atoms with E-state index in [-0.39, 0.29) is 40.3 Å². The Bertz CT molecular complexity index is 1360. The molecule has 0 spiro atoms. The number of hydrogen-bond donors (Lipinski definition) is 0. The lowest BCUT2D eigenvalue weighted by atomic mass is 9.98. The second-order valence-electron chi connectivity index (χ2n) is 9.97. The fraction of sp³-hybridized carbons (Fsp3) is 0.419. The van der Waals surface area contributed by atoms with Crippen molar-refractivity contribution in [2.75, 3.05) is 26.2 Å². The van der Waals surface area contributed by atoms with Crippen LogP contribution < -0.4 is 0 Å². The third kappa shape index (κ3) is 6.55. The van der Waals surface area contributed by atoms with Crippen molar-refractivity contribution < 1.29 is 19.1 Å². The van der Waals surface area contributed by atoms with Crippen LogP contribution in [0.3, 0.4) is 0 Å². The first kappa shape index (κ1) is 29.3. The molecule has 0 bridgehead atoms. The molecule has 0 saturated heterocycles. The number of unbranched alkanes of at least 4 members (excludes halogenated alkanes) is 2. The van der Waals surface area contributed by atoms with Crippen LogP contribution >= 0.6 is 11.6 Å². The van der Waals surface area contributed by atoms with Gasteiger partial charge < -0.3 is 14.5 Å². The predicted molar refractivity (Wildman–Crippen MR) is 155 cm³/mol. The van der Waals surface area contributed by atoms with Gasteiger partial charge in [-0.15, -0.1) is 0 Å². The molecule has 0 atom stereocenters. The molecule has 1 aromatic heterocycles. The van der Waals surface area contributed by atoms with Crippen LogP contribution in [0.4, 0.5) is 0 Å². The number of halogens is 1. The summed E-state index contributed by atoms with van der Waals surface area (Å²) in [7, 11) is 0. The molecule has 0 unspecified atom stereocenters. The Hall–Kier alpha value is -3.65. The molecule has 9 heteroatoms. The lowest BCUT2D eigenvalue weighted by molar-refractivity contribution is 0.0526. The Labute approximate surface area is 240 Å². The molecule has 0 N–H and O–H groups in total. The van der Waals surface area contributed by atoms with Gasteiger partial charge in [-0.3, -0.25) is 9.59 Å². The van der Waals surface area contributed by atoms with Gasteiger partial charge in [-0.1, -0.05) is 62.6 Å². The van der Waals surface area contributed by atoms with E-state index >= 15 is 0 Å². The maximum absolute atomic E-state index is 13.9. The van der Waals surface area contributed by atoms with Gasteiger partial charge in [0.1, 0.15) is 0 Å². The van der Waals surface area contributed by atoms with Crippen molar-refractivity contribution >= 4 is 29.4 Å². The van der Waals surface area contributed by atoms with Crippen molar-refractivity contribution in [3.8, 4) is 5.69 Å². The van der Waals surface area contributed by atoms with Crippen molar-refractivity contribution in [3.63, 3.8) is 0 Å². The summed E-state index contributed by atoms with van der Waals surface area (Å²) in [5.74, 6) is -0.971. The molecule has 4 rings (SSSR count). The SMILES string of the molecule is CCCCN(CCCC)C(=O)c1nn(-c2ccc(C(=O)OCC)cc2C(=O)N2CCc3ccccc3C2)cc1Cl. The van der Waals surface area contributed by atoms with E-state index in [0.717, 1.165) is 37.7 Å². The number of rotatable bonds is 11. The quantitative estimate of drug-likeness (QED) is 0.269. The van der Waals surface area contributed by atoms with E-state index in [9.17, 15) is 14.4 Å². The number of aromatic nitrogens is 2. The average Bonchev–Trinajstić information content (AvgIpc) is 3.37. The summed E-state index contributed by atoms with van der Waals surface area (Å²) in [6, 6.07) is 12.9. The van der Waals surface area contributed by atoms with Crippen LogP contribution in [0.1, 0.15) is 88.8 Å². The molecular formula is C31H37ClN4O4. The van der Waals surface area contributed by atoms with Gasteiger partial charge in [0.2, 0.25) is 0 Å². The predicted octanol–water partition coefficient (Wildman–Crippen LogP) is 5.94. The number of hydrogen-bond acceptors (Lipinski definition) is 5. The van der Waals surface area contributed by atoms with E-state index < -0.39 is 5.97 Å².